The first-order valence-corrected chi connectivity index (χ1v) is 7.41. The van der Waals surface area contributed by atoms with E-state index in [9.17, 15) is 0 Å². The van der Waals surface area contributed by atoms with Crippen LogP contribution in [0, 0.1) is 0 Å². The molecule has 1 aromatic rings. The Balaban J connectivity index is 2.68. The summed E-state index contributed by atoms with van der Waals surface area (Å²) in [5.74, 6) is 7.39. The van der Waals surface area contributed by atoms with Gasteiger partial charge in [0.25, 0.3) is 0 Å². The van der Waals surface area contributed by atoms with Gasteiger partial charge in [0.1, 0.15) is 18.0 Å². The average molecular weight is 280 g/mol. The van der Waals surface area contributed by atoms with Crippen LogP contribution >= 0.6 is 0 Å². The zero-order valence-electron chi connectivity index (χ0n) is 13.1. The molecule has 0 saturated heterocycles. The molecule has 0 saturated carbocycles. The van der Waals surface area contributed by atoms with Gasteiger partial charge in [0.2, 0.25) is 0 Å². The summed E-state index contributed by atoms with van der Waals surface area (Å²) >= 11 is 0. The van der Waals surface area contributed by atoms with Crippen molar-refractivity contribution in [1.29, 1.82) is 0 Å². The molecular formula is C14H28N6. The van der Waals surface area contributed by atoms with Gasteiger partial charge in [0.05, 0.1) is 0 Å². The molecule has 114 valence electrons. The number of nitrogens with two attached hydrogens (primary N) is 1. The second-order valence-electron chi connectivity index (χ2n) is 5.14. The van der Waals surface area contributed by atoms with Gasteiger partial charge in [-0.1, -0.05) is 27.7 Å². The Labute approximate surface area is 122 Å². The van der Waals surface area contributed by atoms with Crippen molar-refractivity contribution >= 4 is 11.6 Å². The third-order valence-corrected chi connectivity index (χ3v) is 3.31. The minimum Gasteiger partial charge on any atom is -0.368 e. The first kappa shape index (κ1) is 16.7. The van der Waals surface area contributed by atoms with Crippen LogP contribution in [-0.4, -0.2) is 41.0 Å². The molecule has 1 heterocycles. The van der Waals surface area contributed by atoms with Crippen molar-refractivity contribution in [3.63, 3.8) is 0 Å². The highest BCUT2D eigenvalue weighted by atomic mass is 15.3. The molecule has 6 heteroatoms. The lowest BCUT2D eigenvalue weighted by Gasteiger charge is -2.21. The zero-order valence-corrected chi connectivity index (χ0v) is 13.1. The van der Waals surface area contributed by atoms with Gasteiger partial charge in [-0.25, -0.2) is 15.8 Å². The van der Waals surface area contributed by atoms with E-state index < -0.39 is 0 Å². The molecule has 0 fully saturated rings. The van der Waals surface area contributed by atoms with Crippen LogP contribution < -0.4 is 16.6 Å². The highest BCUT2D eigenvalue weighted by Gasteiger charge is 2.14. The van der Waals surface area contributed by atoms with Crippen LogP contribution in [0.15, 0.2) is 6.33 Å². The van der Waals surface area contributed by atoms with Crippen LogP contribution in [-0.2, 0) is 0 Å². The smallest absolute Gasteiger partial charge is 0.148 e. The third-order valence-electron chi connectivity index (χ3n) is 3.31. The lowest BCUT2D eigenvalue weighted by Crippen LogP contribution is -2.30. The number of rotatable bonds is 9. The summed E-state index contributed by atoms with van der Waals surface area (Å²) in [6.07, 6.45) is 2.72. The molecule has 1 rings (SSSR count). The number of hydrogen-bond acceptors (Lipinski definition) is 6. The fourth-order valence-corrected chi connectivity index (χ4v) is 2.28. The van der Waals surface area contributed by atoms with Gasteiger partial charge in [0.15, 0.2) is 0 Å². The molecule has 4 N–H and O–H groups in total. The molecule has 0 aliphatic rings. The van der Waals surface area contributed by atoms with E-state index in [1.807, 2.05) is 0 Å². The Morgan fingerprint density at radius 2 is 1.90 bits per heavy atom. The minimum absolute atomic E-state index is 0.308. The van der Waals surface area contributed by atoms with Crippen molar-refractivity contribution in [1.82, 2.24) is 14.9 Å². The number of nitrogens with zero attached hydrogens (tertiary/aromatic N) is 3. The largest absolute Gasteiger partial charge is 0.368 e. The maximum absolute atomic E-state index is 5.52. The number of nitrogens with one attached hydrogen (secondary N) is 2. The quantitative estimate of drug-likeness (QED) is 0.474. The summed E-state index contributed by atoms with van der Waals surface area (Å²) in [7, 11) is 0. The fourth-order valence-electron chi connectivity index (χ4n) is 2.28. The first-order valence-electron chi connectivity index (χ1n) is 7.41. The van der Waals surface area contributed by atoms with Crippen molar-refractivity contribution in [2.24, 2.45) is 5.84 Å². The SMILES string of the molecule is CCCN(CC)CCNc1ncnc(NN)c1C(C)C. The summed E-state index contributed by atoms with van der Waals surface area (Å²) in [4.78, 5) is 10.9. The number of likely N-dealkylation sites (N-methyl/N-ethyl adjacent to an activating group) is 1. The molecule has 0 radical (unpaired) electrons. The van der Waals surface area contributed by atoms with Crippen molar-refractivity contribution in [3.05, 3.63) is 11.9 Å². The number of aromatic nitrogens is 2. The lowest BCUT2D eigenvalue weighted by atomic mass is 10.0. The van der Waals surface area contributed by atoms with Crippen molar-refractivity contribution < 1.29 is 0 Å². The van der Waals surface area contributed by atoms with E-state index in [4.69, 9.17) is 5.84 Å². The van der Waals surface area contributed by atoms with Gasteiger partial charge >= 0.3 is 0 Å². The zero-order chi connectivity index (χ0) is 15.0. The molecule has 0 unspecified atom stereocenters. The summed E-state index contributed by atoms with van der Waals surface area (Å²) < 4.78 is 0. The number of anilines is 2. The van der Waals surface area contributed by atoms with E-state index in [2.05, 4.69) is 53.3 Å². The second kappa shape index (κ2) is 8.71. The van der Waals surface area contributed by atoms with Crippen molar-refractivity contribution in [2.45, 2.75) is 40.0 Å². The summed E-state index contributed by atoms with van der Waals surface area (Å²) in [6.45, 7) is 12.7. The van der Waals surface area contributed by atoms with Crippen molar-refractivity contribution in [3.8, 4) is 0 Å². The van der Waals surface area contributed by atoms with E-state index in [-0.39, 0.29) is 0 Å². The molecular weight excluding hydrogens is 252 g/mol. The Hall–Kier alpha value is -1.40. The molecule has 0 aliphatic heterocycles. The molecule has 20 heavy (non-hydrogen) atoms. The van der Waals surface area contributed by atoms with Crippen LogP contribution in [0.3, 0.4) is 0 Å². The Morgan fingerprint density at radius 3 is 2.45 bits per heavy atom. The second-order valence-corrected chi connectivity index (χ2v) is 5.14. The summed E-state index contributed by atoms with van der Waals surface area (Å²) in [5.41, 5.74) is 3.68. The van der Waals surface area contributed by atoms with Crippen LogP contribution in [0.25, 0.3) is 0 Å². The summed E-state index contributed by atoms with van der Waals surface area (Å²) in [6, 6.07) is 0. The highest BCUT2D eigenvalue weighted by Crippen LogP contribution is 2.27. The van der Waals surface area contributed by atoms with Crippen molar-refractivity contribution in [2.75, 3.05) is 36.9 Å². The Bertz CT molecular complexity index is 393. The standard InChI is InChI=1S/C14H28N6/c1-5-8-20(6-2)9-7-16-13-12(11(3)4)14(19-15)18-10-17-13/h10-11H,5-9,15H2,1-4H3,(H2,16,17,18,19). The molecule has 0 aromatic carbocycles. The monoisotopic (exact) mass is 280 g/mol. The number of hydrazine groups is 1. The van der Waals surface area contributed by atoms with Crippen LogP contribution in [0.4, 0.5) is 11.6 Å². The van der Waals surface area contributed by atoms with Crippen LogP contribution in [0.5, 0.6) is 0 Å². The maximum atomic E-state index is 5.52. The highest BCUT2D eigenvalue weighted by molar-refractivity contribution is 5.58. The van der Waals surface area contributed by atoms with E-state index in [0.717, 1.165) is 37.6 Å². The lowest BCUT2D eigenvalue weighted by molar-refractivity contribution is 0.300. The van der Waals surface area contributed by atoms with E-state index in [0.29, 0.717) is 11.7 Å². The molecule has 0 spiro atoms. The molecule has 0 amide bonds. The molecule has 0 atom stereocenters. The van der Waals surface area contributed by atoms with Crippen LogP contribution in [0.1, 0.15) is 45.6 Å². The molecule has 1 aromatic heterocycles. The van der Waals surface area contributed by atoms with Gasteiger partial charge in [-0.15, -0.1) is 0 Å². The van der Waals surface area contributed by atoms with Gasteiger partial charge in [-0.3, -0.25) is 0 Å². The van der Waals surface area contributed by atoms with Crippen LogP contribution in [0.2, 0.25) is 0 Å². The summed E-state index contributed by atoms with van der Waals surface area (Å²) in [5, 5.41) is 3.40. The van der Waals surface area contributed by atoms with Gasteiger partial charge in [-0.2, -0.15) is 0 Å². The van der Waals surface area contributed by atoms with E-state index in [1.54, 1.807) is 0 Å². The predicted octanol–water partition coefficient (Wildman–Crippen LogP) is 2.03. The van der Waals surface area contributed by atoms with Gasteiger partial charge in [0, 0.05) is 18.7 Å². The van der Waals surface area contributed by atoms with Gasteiger partial charge in [-0.05, 0) is 25.4 Å². The topological polar surface area (TPSA) is 79.1 Å². The van der Waals surface area contributed by atoms with E-state index >= 15 is 0 Å². The maximum Gasteiger partial charge on any atom is 0.148 e. The van der Waals surface area contributed by atoms with E-state index in [1.165, 1.54) is 12.7 Å². The average Bonchev–Trinajstić information content (AvgIpc) is 2.45. The minimum atomic E-state index is 0.308. The van der Waals surface area contributed by atoms with Gasteiger partial charge < -0.3 is 15.6 Å². The molecule has 0 bridgehead atoms. The number of hydrogen-bond donors (Lipinski definition) is 3. The normalized spacial score (nSPS) is 11.2. The fraction of sp³-hybridized carbons (Fsp3) is 0.714. The third kappa shape index (κ3) is 4.61. The molecule has 6 nitrogen and oxygen atoms in total. The Kier molecular flexibility index (Phi) is 7.25. The Morgan fingerprint density at radius 1 is 1.20 bits per heavy atom. The molecule has 0 aliphatic carbocycles. The number of nitrogen functional groups attached to an aromatic ring is 1. The first-order chi connectivity index (χ1) is 9.63. The predicted molar refractivity (Wildman–Crippen MR) is 84.8 cm³/mol.